The maximum absolute atomic E-state index is 14.2. The largest absolute Gasteiger partial charge is 0.646 e. The number of hydrogen-bond donors (Lipinski definition) is 3. The van der Waals surface area contributed by atoms with Gasteiger partial charge in [0.05, 0.1) is 65.6 Å². The van der Waals surface area contributed by atoms with Gasteiger partial charge in [-0.3, -0.25) is 24.2 Å². The number of aliphatic carboxylic acids is 1. The number of benzene rings is 2. The van der Waals surface area contributed by atoms with Crippen molar-refractivity contribution >= 4 is 117 Å². The molecule has 103 heavy (non-hydrogen) atoms. The zero-order valence-corrected chi connectivity index (χ0v) is 67.0. The third kappa shape index (κ3) is 17.2. The van der Waals surface area contributed by atoms with Gasteiger partial charge in [0.25, 0.3) is 0 Å². The third-order valence-electron chi connectivity index (χ3n) is 19.0. The number of ether oxygens (including phenoxy) is 2. The van der Waals surface area contributed by atoms with Gasteiger partial charge in [0.1, 0.15) is 41.9 Å². The molecule has 3 saturated heterocycles. The first-order chi connectivity index (χ1) is 48.7. The minimum atomic E-state index is -4.42. The highest BCUT2D eigenvalue weighted by Gasteiger charge is 2.64. The molecular weight excluding hydrogens is 1450 g/mol. The number of nitrogens with zero attached hydrogens (tertiary/aromatic N) is 6. The Hall–Kier alpha value is -6.74. The highest BCUT2D eigenvalue weighted by molar-refractivity contribution is 8.05. The maximum atomic E-state index is 14.2. The van der Waals surface area contributed by atoms with Crippen LogP contribution in [0.15, 0.2) is 150 Å². The van der Waals surface area contributed by atoms with Crippen LogP contribution in [0, 0.1) is 35.5 Å². The standard InChI is InChI=1S/C28H34NO8PSi.C26H37N3O4S2Si.C19H23N3O4S2/c1-7-18-33-28(31)25-26(19(2)24-23(27(30)29(24)25)20(3)37-39(4,5)6)36-38(32,34-21-14-10-8-11-15-21)35-22-16-12-9-13-17-22;1-9-12-32-25(31)22-23(16(3)21-20(24(30)29(21)22)17(4)33-36(6,7)8)35-26-27-19(14-34-26)18-10-11-28(5)15(2)13-18;1-8-6-11(4-5-20-8)12-7-27-19(21-12)28-16-9(2)14-13(10(3)23)17(24)22(14)15(16)18(25)26/h7-17,19-20,23-24H,1,18H2,2-6H3;9-10,14-17,20-21H,1,11-13H2,2-8H3;4,7-10,13-14,20,23H,5-6H2,1-3H3,(H,25,26)/t19-,20-,23-,24-;15-,16-,17-,20-,21-;8-,9-,10-,13-,14-/m111/s1. The lowest BCUT2D eigenvalue weighted by molar-refractivity contribution is -0.163. The molecule has 0 radical (unpaired) electrons. The highest BCUT2D eigenvalue weighted by atomic mass is 32.2. The number of carboxylic acid groups (broad SMARTS) is 1. The Morgan fingerprint density at radius 3 is 1.54 bits per heavy atom. The molecule has 3 fully saturated rings. The molecule has 554 valence electrons. The summed E-state index contributed by atoms with van der Waals surface area (Å²) in [7, 11) is -6.08. The molecule has 10 heterocycles. The summed E-state index contributed by atoms with van der Waals surface area (Å²) in [6, 6.07) is 16.9. The van der Waals surface area contributed by atoms with Crippen LogP contribution in [0.25, 0.3) is 11.1 Å². The van der Waals surface area contributed by atoms with Crippen molar-refractivity contribution in [1.29, 1.82) is 0 Å². The zero-order valence-electron chi connectivity index (χ0n) is 60.9. The van der Waals surface area contributed by atoms with E-state index in [-0.39, 0.29) is 102 Å². The molecule has 8 aliphatic rings. The van der Waals surface area contributed by atoms with E-state index in [4.69, 9.17) is 41.9 Å². The summed E-state index contributed by atoms with van der Waals surface area (Å²) in [5.74, 6) is -4.61. The molecule has 0 aliphatic carbocycles. The average molecular weight is 1540 g/mol. The Bertz CT molecular complexity index is 4070. The van der Waals surface area contributed by atoms with Crippen LogP contribution in [-0.4, -0.2) is 174 Å². The number of hydrogen-bond acceptors (Lipinski definition) is 23. The van der Waals surface area contributed by atoms with Crippen LogP contribution >= 0.6 is 54.0 Å². The first kappa shape index (κ1) is 78.8. The number of aromatic nitrogens is 2. The van der Waals surface area contributed by atoms with Crippen LogP contribution < -0.4 is 14.4 Å². The predicted octanol–water partition coefficient (Wildman–Crippen LogP) is 13.1. The number of aliphatic hydroxyl groups excluding tert-OH is 1. The summed E-state index contributed by atoms with van der Waals surface area (Å²) in [4.78, 5) is 95.1. The minimum Gasteiger partial charge on any atom is -0.477 e. The molecule has 14 atom stereocenters. The molecule has 12 rings (SSSR count). The zero-order chi connectivity index (χ0) is 74.9. The summed E-state index contributed by atoms with van der Waals surface area (Å²) in [5, 5.41) is 27.1. The van der Waals surface area contributed by atoms with Crippen LogP contribution in [0.2, 0.25) is 39.3 Å². The van der Waals surface area contributed by atoms with Gasteiger partial charge in [-0.2, -0.15) is 4.57 Å². The molecule has 23 nitrogen and oxygen atoms in total. The number of likely N-dealkylation sites (N-methyl/N-ethyl adjacent to an activating group) is 1. The van der Waals surface area contributed by atoms with E-state index in [0.717, 1.165) is 50.9 Å². The van der Waals surface area contributed by atoms with Crippen molar-refractivity contribution < 1.29 is 75.4 Å². The number of nitrogens with one attached hydrogen (secondary N) is 1. The smallest absolute Gasteiger partial charge is 0.477 e. The SMILES string of the molecule is C=CCOC(=O)C1=C(OP(=O)(Oc2ccccc2)Oc2ccccc2)[C@H](C)[C@@H]2[C@@H]([C@@H](C)O[Si](C)(C)C)C(=O)N12.C=CCOC(=O)C1=C(Sc2nc(C3=CCN(C)[C@H](C)C3)cs2)[C@H](C)[C@@H]2[C@@H]([C@@H](C)O[Si](C)(C)C)C(=O)N12.C[C@@H]1CC(c2csc(SC3=C(C(=O)O)N4C(=O)[C@H]([C@@H](C)O)[C@H]4[C@H]3C)n2)=CCN1. The molecule has 2 aromatic carbocycles. The first-order valence-electron chi connectivity index (χ1n) is 34.6. The molecule has 0 bridgehead atoms. The average Bonchev–Trinajstić information content (AvgIpc) is 1.57. The van der Waals surface area contributed by atoms with Crippen molar-refractivity contribution in [3.63, 3.8) is 0 Å². The van der Waals surface area contributed by atoms with Gasteiger partial charge in [-0.05, 0) is 129 Å². The summed E-state index contributed by atoms with van der Waals surface area (Å²) in [6.45, 7) is 37.1. The van der Waals surface area contributed by atoms with Crippen LogP contribution in [-0.2, 0) is 56.2 Å². The number of amides is 3. The molecule has 0 spiro atoms. The number of thioether (sulfide) groups is 2. The molecule has 3 N–H and O–H groups in total. The molecular formula is C73H94N7O16PS4Si2. The monoisotopic (exact) mass is 1540 g/mol. The second-order valence-corrected chi connectivity index (χ2v) is 43.5. The fraction of sp³-hybridized carbons (Fsp3) is 0.479. The number of β-lactam (4-membered cyclic amide) rings is 3. The number of carbonyl (C=O) groups is 6. The fourth-order valence-electron chi connectivity index (χ4n) is 14.3. The molecule has 2 aromatic heterocycles. The van der Waals surface area contributed by atoms with Gasteiger partial charge in [0.15, 0.2) is 31.0 Å². The van der Waals surface area contributed by atoms with Crippen LogP contribution in [0.3, 0.4) is 0 Å². The van der Waals surface area contributed by atoms with E-state index in [2.05, 4.69) is 88.4 Å². The lowest BCUT2D eigenvalue weighted by Gasteiger charge is -2.48. The second-order valence-electron chi connectivity index (χ2n) is 28.9. The van der Waals surface area contributed by atoms with Crippen molar-refractivity contribution in [3.8, 4) is 11.5 Å². The Balaban J connectivity index is 0.000000168. The number of carboxylic acids is 1. The summed E-state index contributed by atoms with van der Waals surface area (Å²) < 4.78 is 56.6. The van der Waals surface area contributed by atoms with Crippen LogP contribution in [0.5, 0.6) is 11.5 Å². The number of para-hydroxylation sites is 2. The fourth-order valence-corrected chi connectivity index (χ4v) is 22.5. The van der Waals surface area contributed by atoms with Gasteiger partial charge in [0, 0.05) is 63.5 Å². The Kier molecular flexibility index (Phi) is 24.9. The third-order valence-corrected chi connectivity index (χ3v) is 26.9. The predicted molar refractivity (Wildman–Crippen MR) is 404 cm³/mol. The van der Waals surface area contributed by atoms with Gasteiger partial charge in [-0.25, -0.2) is 24.4 Å². The van der Waals surface area contributed by atoms with E-state index in [9.17, 15) is 43.5 Å². The van der Waals surface area contributed by atoms with E-state index in [1.165, 1.54) is 68.0 Å². The molecule has 3 amide bonds. The van der Waals surface area contributed by atoms with Gasteiger partial charge in [0.2, 0.25) is 17.7 Å². The summed E-state index contributed by atoms with van der Waals surface area (Å²) >= 11 is 5.89. The number of fused-ring (bicyclic) bond motifs is 3. The van der Waals surface area contributed by atoms with E-state index < -0.39 is 72.3 Å². The number of aliphatic hydroxyl groups is 1. The van der Waals surface area contributed by atoms with Gasteiger partial charge in [-0.15, -0.1) is 22.7 Å². The highest BCUT2D eigenvalue weighted by Crippen LogP contribution is 2.59. The van der Waals surface area contributed by atoms with Crippen molar-refractivity contribution in [2.45, 2.75) is 165 Å². The number of thiazole rings is 2. The Labute approximate surface area is 621 Å². The molecule has 0 saturated carbocycles. The molecule has 4 aromatic rings. The lowest BCUT2D eigenvalue weighted by atomic mass is 9.79. The van der Waals surface area contributed by atoms with Crippen molar-refractivity contribution in [1.82, 2.24) is 34.9 Å². The van der Waals surface area contributed by atoms with Gasteiger partial charge < -0.3 is 57.2 Å². The topological polar surface area (TPSA) is 275 Å². The molecule has 8 aliphatic heterocycles. The maximum Gasteiger partial charge on any atom is 0.646 e. The quantitative estimate of drug-likeness (QED) is 0.0173. The van der Waals surface area contributed by atoms with Crippen molar-refractivity contribution in [2.24, 2.45) is 35.5 Å². The summed E-state index contributed by atoms with van der Waals surface area (Å²) in [5.41, 5.74) is 4.67. The van der Waals surface area contributed by atoms with E-state index in [1.807, 2.05) is 45.8 Å². The number of phosphoric acid groups is 1. The van der Waals surface area contributed by atoms with Crippen LogP contribution in [0.1, 0.15) is 79.6 Å². The molecule has 30 heteroatoms. The first-order valence-corrected chi connectivity index (χ1v) is 46.3. The number of rotatable bonds is 26. The van der Waals surface area contributed by atoms with E-state index in [1.54, 1.807) is 90.7 Å². The Morgan fingerprint density at radius 2 is 1.09 bits per heavy atom. The molecule has 0 unspecified atom stereocenters. The van der Waals surface area contributed by atoms with Gasteiger partial charge in [-0.1, -0.05) is 118 Å². The van der Waals surface area contributed by atoms with Crippen LogP contribution in [0.4, 0.5) is 0 Å². The summed E-state index contributed by atoms with van der Waals surface area (Å²) in [6.07, 6.45) is 7.83. The van der Waals surface area contributed by atoms with E-state index >= 15 is 0 Å². The van der Waals surface area contributed by atoms with Crippen molar-refractivity contribution in [2.75, 3.05) is 33.4 Å². The Morgan fingerprint density at radius 1 is 0.650 bits per heavy atom. The van der Waals surface area contributed by atoms with Crippen molar-refractivity contribution in [3.05, 3.63) is 153 Å². The number of carbonyl (C=O) groups excluding carboxylic acids is 5. The minimum absolute atomic E-state index is 0.000288. The van der Waals surface area contributed by atoms with E-state index in [0.29, 0.717) is 22.7 Å². The van der Waals surface area contributed by atoms with Gasteiger partial charge >= 0.3 is 25.7 Å². The second kappa shape index (κ2) is 32.5. The number of phosphoric ester groups is 1. The normalized spacial score (nSPS) is 26.1. The lowest BCUT2D eigenvalue weighted by Crippen LogP contribution is -2.64. The number of esters is 2.